The Kier molecular flexibility index (Phi) is 6.92. The van der Waals surface area contributed by atoms with E-state index in [0.717, 1.165) is 40.1 Å². The Labute approximate surface area is 268 Å². The molecule has 0 atom stereocenters. The lowest BCUT2D eigenvalue weighted by molar-refractivity contribution is 1.13. The highest BCUT2D eigenvalue weighted by atomic mass is 15.0. The summed E-state index contributed by atoms with van der Waals surface area (Å²) in [7, 11) is 0. The molecular formula is C43H33N3. The molecule has 3 aromatic heterocycles. The topological polar surface area (TPSA) is 22.8 Å². The lowest BCUT2D eigenvalue weighted by Crippen LogP contribution is -1.98. The van der Waals surface area contributed by atoms with E-state index in [1.807, 2.05) is 18.3 Å². The molecule has 0 amide bonds. The maximum absolute atomic E-state index is 4.71. The van der Waals surface area contributed by atoms with E-state index in [4.69, 9.17) is 4.98 Å². The van der Waals surface area contributed by atoms with Crippen molar-refractivity contribution in [3.05, 3.63) is 170 Å². The minimum absolute atomic E-state index is 0.976. The van der Waals surface area contributed by atoms with Crippen LogP contribution in [0.4, 0.5) is 0 Å². The zero-order valence-corrected chi connectivity index (χ0v) is 25.8. The van der Waals surface area contributed by atoms with Crippen molar-refractivity contribution in [2.75, 3.05) is 0 Å². The second-order valence-corrected chi connectivity index (χ2v) is 11.5. The fourth-order valence-corrected chi connectivity index (χ4v) is 6.92. The molecule has 8 aromatic rings. The van der Waals surface area contributed by atoms with Gasteiger partial charge < -0.3 is 9.13 Å². The van der Waals surface area contributed by atoms with E-state index in [1.165, 1.54) is 43.7 Å². The van der Waals surface area contributed by atoms with Gasteiger partial charge >= 0.3 is 0 Å². The molecule has 3 heteroatoms. The Morgan fingerprint density at radius 3 is 1.93 bits per heavy atom. The summed E-state index contributed by atoms with van der Waals surface area (Å²) in [5.74, 6) is 0. The summed E-state index contributed by atoms with van der Waals surface area (Å²) < 4.78 is 4.78. The number of fused-ring (bicyclic) bond motifs is 6. The number of hydrogen-bond donors (Lipinski definition) is 0. The first-order valence-corrected chi connectivity index (χ1v) is 15.8. The van der Waals surface area contributed by atoms with Crippen molar-refractivity contribution in [2.24, 2.45) is 0 Å². The lowest BCUT2D eigenvalue weighted by Gasteiger charge is -2.13. The highest BCUT2D eigenvalue weighted by Gasteiger charge is 2.19. The molecule has 3 nitrogen and oxygen atoms in total. The van der Waals surface area contributed by atoms with Crippen LogP contribution in [0.15, 0.2) is 164 Å². The first kappa shape index (κ1) is 27.6. The zero-order valence-electron chi connectivity index (χ0n) is 25.8. The summed E-state index contributed by atoms with van der Waals surface area (Å²) in [4.78, 5) is 4.71. The molecule has 5 aromatic carbocycles. The van der Waals surface area contributed by atoms with E-state index in [2.05, 4.69) is 162 Å². The van der Waals surface area contributed by atoms with Gasteiger partial charge in [-0.15, -0.1) is 0 Å². The molecular weight excluding hydrogens is 558 g/mol. The molecule has 0 bridgehead atoms. The van der Waals surface area contributed by atoms with E-state index in [0.29, 0.717) is 0 Å². The maximum Gasteiger partial charge on any atom is 0.0708 e. The van der Waals surface area contributed by atoms with Crippen LogP contribution in [0.1, 0.15) is 18.9 Å². The summed E-state index contributed by atoms with van der Waals surface area (Å²) >= 11 is 0. The van der Waals surface area contributed by atoms with Crippen LogP contribution < -0.4 is 0 Å². The molecule has 0 unspecified atom stereocenters. The van der Waals surface area contributed by atoms with Crippen molar-refractivity contribution in [1.82, 2.24) is 14.1 Å². The summed E-state index contributed by atoms with van der Waals surface area (Å²) in [5, 5.41) is 4.88. The van der Waals surface area contributed by atoms with Crippen LogP contribution in [-0.2, 0) is 0 Å². The van der Waals surface area contributed by atoms with Crippen LogP contribution in [0.3, 0.4) is 0 Å². The Morgan fingerprint density at radius 2 is 1.26 bits per heavy atom. The third kappa shape index (κ3) is 4.40. The Morgan fingerprint density at radius 1 is 0.652 bits per heavy atom. The van der Waals surface area contributed by atoms with Gasteiger partial charge in [0.05, 0.1) is 27.8 Å². The molecule has 0 fully saturated rings. The molecule has 46 heavy (non-hydrogen) atoms. The third-order valence-electron chi connectivity index (χ3n) is 8.86. The average Bonchev–Trinajstić information content (AvgIpc) is 3.64. The molecule has 8 rings (SSSR count). The molecule has 0 N–H and O–H groups in total. The minimum atomic E-state index is 0.976. The minimum Gasteiger partial charge on any atom is -0.309 e. The highest BCUT2D eigenvalue weighted by molar-refractivity contribution is 6.16. The van der Waals surface area contributed by atoms with Crippen LogP contribution in [0.2, 0.25) is 0 Å². The smallest absolute Gasteiger partial charge is 0.0708 e. The summed E-state index contributed by atoms with van der Waals surface area (Å²) in [5.41, 5.74) is 11.3. The number of hydrogen-bond acceptors (Lipinski definition) is 1. The number of aromatic nitrogens is 3. The largest absolute Gasteiger partial charge is 0.309 e. The maximum atomic E-state index is 4.71. The van der Waals surface area contributed by atoms with E-state index >= 15 is 0 Å². The van der Waals surface area contributed by atoms with Crippen LogP contribution >= 0.6 is 0 Å². The first-order chi connectivity index (χ1) is 22.8. The molecule has 0 saturated heterocycles. The number of pyridine rings is 1. The monoisotopic (exact) mass is 591 g/mol. The normalized spacial score (nSPS) is 12.2. The molecule has 0 spiro atoms. The number of nitrogens with zero attached hydrogens (tertiary/aromatic N) is 3. The van der Waals surface area contributed by atoms with E-state index in [1.54, 1.807) is 0 Å². The summed E-state index contributed by atoms with van der Waals surface area (Å²) in [6, 6.07) is 45.5. The number of benzene rings is 5. The highest BCUT2D eigenvalue weighted by Crippen LogP contribution is 2.40. The fraction of sp³-hybridized carbons (Fsp3) is 0.0465. The summed E-state index contributed by atoms with van der Waals surface area (Å²) in [6.45, 7) is 6.32. The molecule has 220 valence electrons. The molecule has 0 aliphatic heterocycles. The van der Waals surface area contributed by atoms with Gasteiger partial charge in [0.25, 0.3) is 0 Å². The zero-order chi connectivity index (χ0) is 31.0. The third-order valence-corrected chi connectivity index (χ3v) is 8.86. The van der Waals surface area contributed by atoms with Crippen molar-refractivity contribution >= 4 is 49.2 Å². The van der Waals surface area contributed by atoms with E-state index < -0.39 is 0 Å². The molecule has 0 radical (unpaired) electrons. The van der Waals surface area contributed by atoms with Gasteiger partial charge in [0.1, 0.15) is 0 Å². The molecule has 3 heterocycles. The van der Waals surface area contributed by atoms with Crippen LogP contribution in [-0.4, -0.2) is 14.1 Å². The predicted octanol–water partition coefficient (Wildman–Crippen LogP) is 11.5. The van der Waals surface area contributed by atoms with Crippen molar-refractivity contribution < 1.29 is 0 Å². The Bertz CT molecular complexity index is 2470. The first-order valence-electron chi connectivity index (χ1n) is 15.8. The summed E-state index contributed by atoms with van der Waals surface area (Å²) in [6.07, 6.45) is 11.3. The van der Waals surface area contributed by atoms with E-state index in [-0.39, 0.29) is 0 Å². The van der Waals surface area contributed by atoms with Gasteiger partial charge in [-0.2, -0.15) is 0 Å². The second kappa shape index (κ2) is 11.5. The van der Waals surface area contributed by atoms with Gasteiger partial charge in [-0.05, 0) is 72.2 Å². The Balaban J connectivity index is 1.38. The van der Waals surface area contributed by atoms with Crippen molar-refractivity contribution in [1.29, 1.82) is 0 Å². The van der Waals surface area contributed by atoms with Gasteiger partial charge in [-0.3, -0.25) is 4.98 Å². The molecule has 0 aliphatic rings. The van der Waals surface area contributed by atoms with Gasteiger partial charge in [0.2, 0.25) is 0 Å². The van der Waals surface area contributed by atoms with Gasteiger partial charge in [0.15, 0.2) is 0 Å². The number of para-hydroxylation sites is 2. The fourth-order valence-electron chi connectivity index (χ4n) is 6.92. The van der Waals surface area contributed by atoms with Gasteiger partial charge in [0, 0.05) is 44.7 Å². The van der Waals surface area contributed by atoms with Crippen molar-refractivity contribution in [3.63, 3.8) is 0 Å². The predicted molar refractivity (Wildman–Crippen MR) is 196 cm³/mol. The van der Waals surface area contributed by atoms with Gasteiger partial charge in [-0.25, -0.2) is 0 Å². The van der Waals surface area contributed by atoms with Crippen molar-refractivity contribution in [2.45, 2.75) is 13.3 Å². The SMILES string of the molecule is C=C/C(=C\C=C/CC)c1cccc2c1c1ccccc1n2-c1cccc(-n2c3ccccc3c3c(-c4ccccn4)cccc32)c1. The number of allylic oxidation sites excluding steroid dienone is 5. The molecule has 0 aliphatic carbocycles. The second-order valence-electron chi connectivity index (χ2n) is 11.5. The van der Waals surface area contributed by atoms with E-state index in [9.17, 15) is 0 Å². The Hall–Kier alpha value is -5.93. The van der Waals surface area contributed by atoms with Crippen LogP contribution in [0.5, 0.6) is 0 Å². The quantitative estimate of drug-likeness (QED) is 0.169. The van der Waals surface area contributed by atoms with Crippen molar-refractivity contribution in [3.8, 4) is 22.6 Å². The van der Waals surface area contributed by atoms with Crippen LogP contribution in [0.25, 0.3) is 71.8 Å². The van der Waals surface area contributed by atoms with Gasteiger partial charge in [-0.1, -0.05) is 111 Å². The average molecular weight is 592 g/mol. The standard InChI is InChI=1S/C43H33N3/c1-3-5-6-16-30(4-2)33-21-14-26-40-42(33)35-19-7-9-24-38(35)45(40)31-17-13-18-32(29-31)46-39-25-10-8-20-36(39)43-34(22-15-27-41(43)46)37-23-11-12-28-44-37/h4-29H,2-3H2,1H3/b6-5-,30-16+. The lowest BCUT2D eigenvalue weighted by atomic mass is 9.99. The van der Waals surface area contributed by atoms with Crippen LogP contribution in [0, 0.1) is 0 Å². The molecule has 0 saturated carbocycles. The number of rotatable bonds is 7.